The van der Waals surface area contributed by atoms with Gasteiger partial charge in [-0.15, -0.1) is 0 Å². The fourth-order valence-electron chi connectivity index (χ4n) is 2.61. The van der Waals surface area contributed by atoms with Gasteiger partial charge in [-0.05, 0) is 25.0 Å². The van der Waals surface area contributed by atoms with E-state index in [0.29, 0.717) is 31.2 Å². The molecule has 2 aliphatic rings. The van der Waals surface area contributed by atoms with Crippen LogP contribution in [0.5, 0.6) is 0 Å². The number of imide groups is 1. The lowest BCUT2D eigenvalue weighted by Crippen LogP contribution is -2.35. The van der Waals surface area contributed by atoms with Crippen LogP contribution in [0.2, 0.25) is 0 Å². The third-order valence-electron chi connectivity index (χ3n) is 3.91. The van der Waals surface area contributed by atoms with Gasteiger partial charge in [-0.1, -0.05) is 11.8 Å². The Hall–Kier alpha value is -1.65. The summed E-state index contributed by atoms with van der Waals surface area (Å²) in [5, 5.41) is 3.11. The number of carbonyl (C=O) groups excluding carboxylic acids is 2. The van der Waals surface area contributed by atoms with E-state index in [0.717, 1.165) is 12.8 Å². The molecule has 8 nitrogen and oxygen atoms in total. The summed E-state index contributed by atoms with van der Waals surface area (Å²) in [6.07, 6.45) is 3.09. The van der Waals surface area contributed by atoms with Gasteiger partial charge in [0.15, 0.2) is 0 Å². The Morgan fingerprint density at radius 2 is 2.00 bits per heavy atom. The molecule has 0 aliphatic carbocycles. The van der Waals surface area contributed by atoms with Crippen LogP contribution < -0.4 is 5.32 Å². The Morgan fingerprint density at radius 3 is 2.58 bits per heavy atom. The summed E-state index contributed by atoms with van der Waals surface area (Å²) in [6, 6.07) is 2.72. The van der Waals surface area contributed by atoms with Crippen molar-refractivity contribution in [1.29, 1.82) is 0 Å². The maximum atomic E-state index is 12.4. The number of hydrogen-bond acceptors (Lipinski definition) is 6. The minimum absolute atomic E-state index is 0.0820. The van der Waals surface area contributed by atoms with Gasteiger partial charge in [0.2, 0.25) is 15.9 Å². The van der Waals surface area contributed by atoms with Crippen molar-refractivity contribution in [2.24, 2.45) is 0 Å². The van der Waals surface area contributed by atoms with Crippen LogP contribution in [0.3, 0.4) is 0 Å². The Kier molecular flexibility index (Phi) is 5.07. The van der Waals surface area contributed by atoms with E-state index in [4.69, 9.17) is 0 Å². The number of aromatic nitrogens is 1. The summed E-state index contributed by atoms with van der Waals surface area (Å²) in [4.78, 5) is 28.8. The van der Waals surface area contributed by atoms with Crippen LogP contribution in [0.15, 0.2) is 28.3 Å². The zero-order valence-electron chi connectivity index (χ0n) is 13.0. The first kappa shape index (κ1) is 17.2. The minimum atomic E-state index is -3.47. The van der Waals surface area contributed by atoms with E-state index in [1.165, 1.54) is 33.2 Å². The van der Waals surface area contributed by atoms with Crippen LogP contribution in [-0.4, -0.2) is 66.5 Å². The van der Waals surface area contributed by atoms with Crippen molar-refractivity contribution in [3.8, 4) is 0 Å². The highest BCUT2D eigenvalue weighted by Crippen LogP contribution is 2.22. The van der Waals surface area contributed by atoms with E-state index < -0.39 is 10.0 Å². The molecule has 1 aromatic rings. The van der Waals surface area contributed by atoms with E-state index in [-0.39, 0.29) is 22.6 Å². The molecule has 3 heterocycles. The van der Waals surface area contributed by atoms with Crippen LogP contribution in [0.1, 0.15) is 12.8 Å². The largest absolute Gasteiger partial charge is 0.336 e. The molecule has 0 aromatic carbocycles. The van der Waals surface area contributed by atoms with Gasteiger partial charge in [0.25, 0.3) is 0 Å². The highest BCUT2D eigenvalue weighted by atomic mass is 32.2. The second kappa shape index (κ2) is 7.08. The van der Waals surface area contributed by atoms with Gasteiger partial charge >= 0.3 is 6.03 Å². The fraction of sp³-hybridized carbons (Fsp3) is 0.500. The number of hydrogen-bond donors (Lipinski definition) is 1. The Balaban J connectivity index is 1.60. The number of rotatable bonds is 5. The van der Waals surface area contributed by atoms with Crippen LogP contribution in [-0.2, 0) is 14.8 Å². The minimum Gasteiger partial charge on any atom is -0.336 e. The zero-order valence-corrected chi connectivity index (χ0v) is 14.6. The van der Waals surface area contributed by atoms with Crippen molar-refractivity contribution in [3.63, 3.8) is 0 Å². The molecule has 3 amide bonds. The number of pyridine rings is 1. The average molecular weight is 370 g/mol. The highest BCUT2D eigenvalue weighted by Gasteiger charge is 2.28. The summed E-state index contributed by atoms with van der Waals surface area (Å²) in [7, 11) is -3.47. The summed E-state index contributed by atoms with van der Waals surface area (Å²) >= 11 is 1.18. The normalized spacial score (nSPS) is 18.8. The van der Waals surface area contributed by atoms with E-state index >= 15 is 0 Å². The molecule has 1 N–H and O–H groups in total. The van der Waals surface area contributed by atoms with E-state index in [1.807, 2.05) is 0 Å². The summed E-state index contributed by atoms with van der Waals surface area (Å²) in [6.45, 7) is 1.94. The molecule has 24 heavy (non-hydrogen) atoms. The van der Waals surface area contributed by atoms with E-state index in [1.54, 1.807) is 6.07 Å². The topological polar surface area (TPSA) is 99.7 Å². The van der Waals surface area contributed by atoms with Gasteiger partial charge in [-0.25, -0.2) is 18.2 Å². The summed E-state index contributed by atoms with van der Waals surface area (Å²) in [5.41, 5.74) is 0. The molecule has 0 spiro atoms. The number of amides is 3. The lowest BCUT2D eigenvalue weighted by atomic mass is 10.4. The third-order valence-corrected chi connectivity index (χ3v) is 6.72. The fourth-order valence-corrected chi connectivity index (χ4v) is 4.79. The summed E-state index contributed by atoms with van der Waals surface area (Å²) in [5.74, 6) is -0.205. The molecule has 2 aliphatic heterocycles. The van der Waals surface area contributed by atoms with Gasteiger partial charge in [0, 0.05) is 32.4 Å². The van der Waals surface area contributed by atoms with Gasteiger partial charge in [0.1, 0.15) is 4.90 Å². The Bertz CT molecular complexity index is 730. The molecular formula is C14H18N4O4S2. The van der Waals surface area contributed by atoms with Crippen LogP contribution >= 0.6 is 11.8 Å². The van der Waals surface area contributed by atoms with Crippen molar-refractivity contribution < 1.29 is 18.0 Å². The SMILES string of the molecule is O=C(CSc1ccc(S(=O)(=O)N2CCCC2)cn1)N1CCNC1=O. The first-order valence-corrected chi connectivity index (χ1v) is 10.1. The Labute approximate surface area is 144 Å². The van der Waals surface area contributed by atoms with Gasteiger partial charge < -0.3 is 5.32 Å². The highest BCUT2D eigenvalue weighted by molar-refractivity contribution is 7.99. The maximum Gasteiger partial charge on any atom is 0.324 e. The molecule has 0 radical (unpaired) electrons. The molecule has 3 rings (SSSR count). The molecule has 0 bridgehead atoms. The number of thioether (sulfide) groups is 1. The van der Waals surface area contributed by atoms with Crippen molar-refractivity contribution in [2.45, 2.75) is 22.8 Å². The lowest BCUT2D eigenvalue weighted by Gasteiger charge is -2.15. The maximum absolute atomic E-state index is 12.4. The predicted octanol–water partition coefficient (Wildman–Crippen LogP) is 0.510. The zero-order chi connectivity index (χ0) is 17.2. The standard InChI is InChI=1S/C14H18N4O4S2/c19-13(18-8-5-15-14(18)20)10-23-12-4-3-11(9-16-12)24(21,22)17-6-1-2-7-17/h3-4,9H,1-2,5-8,10H2,(H,15,20). The smallest absolute Gasteiger partial charge is 0.324 e. The number of sulfonamides is 1. The number of carbonyl (C=O) groups is 2. The molecule has 0 atom stereocenters. The molecule has 130 valence electrons. The Morgan fingerprint density at radius 1 is 1.25 bits per heavy atom. The van der Waals surface area contributed by atoms with Crippen molar-refractivity contribution in [1.82, 2.24) is 19.5 Å². The number of nitrogens with one attached hydrogen (secondary N) is 1. The molecular weight excluding hydrogens is 352 g/mol. The second-order valence-corrected chi connectivity index (χ2v) is 8.44. The summed E-state index contributed by atoms with van der Waals surface area (Å²) < 4.78 is 26.3. The quantitative estimate of drug-likeness (QED) is 0.758. The van der Waals surface area contributed by atoms with Crippen LogP contribution in [0, 0.1) is 0 Å². The van der Waals surface area contributed by atoms with Gasteiger partial charge in [0.05, 0.1) is 10.8 Å². The molecule has 2 fully saturated rings. The molecule has 2 saturated heterocycles. The van der Waals surface area contributed by atoms with Crippen LogP contribution in [0.4, 0.5) is 4.79 Å². The predicted molar refractivity (Wildman–Crippen MR) is 88.1 cm³/mol. The van der Waals surface area contributed by atoms with E-state index in [9.17, 15) is 18.0 Å². The second-order valence-electron chi connectivity index (χ2n) is 5.51. The van der Waals surface area contributed by atoms with Crippen LogP contribution in [0.25, 0.3) is 0 Å². The molecule has 1 aromatic heterocycles. The van der Waals surface area contributed by atoms with Gasteiger partial charge in [-0.3, -0.25) is 9.69 Å². The van der Waals surface area contributed by atoms with Gasteiger partial charge in [-0.2, -0.15) is 4.31 Å². The number of nitrogens with zero attached hydrogens (tertiary/aromatic N) is 3. The van der Waals surface area contributed by atoms with Crippen molar-refractivity contribution in [3.05, 3.63) is 18.3 Å². The first-order valence-electron chi connectivity index (χ1n) is 7.66. The van der Waals surface area contributed by atoms with E-state index in [2.05, 4.69) is 10.3 Å². The lowest BCUT2D eigenvalue weighted by molar-refractivity contribution is -0.124. The van der Waals surface area contributed by atoms with Crippen molar-refractivity contribution >= 4 is 33.7 Å². The average Bonchev–Trinajstić information content (AvgIpc) is 3.24. The molecule has 10 heteroatoms. The molecule has 0 unspecified atom stereocenters. The van der Waals surface area contributed by atoms with Crippen molar-refractivity contribution in [2.75, 3.05) is 31.9 Å². The third kappa shape index (κ3) is 3.55. The monoisotopic (exact) mass is 370 g/mol. The first-order chi connectivity index (χ1) is 11.5. The number of urea groups is 1. The molecule has 0 saturated carbocycles.